The first kappa shape index (κ1) is 9.51. The van der Waals surface area contributed by atoms with Crippen LogP contribution in [0.4, 0.5) is 0 Å². The third-order valence-corrected chi connectivity index (χ3v) is 2.22. The Hall–Kier alpha value is -2.04. The zero-order valence-electron chi connectivity index (χ0n) is 8.39. The van der Waals surface area contributed by atoms with E-state index in [9.17, 15) is 10.0 Å². The van der Waals surface area contributed by atoms with E-state index in [1.807, 2.05) is 0 Å². The van der Waals surface area contributed by atoms with Crippen LogP contribution in [0.5, 0.6) is 5.75 Å². The Bertz CT molecular complexity index is 575. The molecule has 0 radical (unpaired) electrons. The van der Waals surface area contributed by atoms with E-state index in [0.29, 0.717) is 21.4 Å². The minimum Gasteiger partial charge on any atom is -0.497 e. The molecule has 0 saturated heterocycles. The van der Waals surface area contributed by atoms with Gasteiger partial charge in [0.05, 0.1) is 18.0 Å². The van der Waals surface area contributed by atoms with E-state index < -0.39 is 5.56 Å². The van der Waals surface area contributed by atoms with Gasteiger partial charge in [-0.3, -0.25) is 4.79 Å². The molecule has 78 valence electrons. The van der Waals surface area contributed by atoms with Crippen LogP contribution in [0, 0.1) is 6.92 Å². The van der Waals surface area contributed by atoms with Crippen molar-refractivity contribution < 1.29 is 9.94 Å². The summed E-state index contributed by atoms with van der Waals surface area (Å²) in [6, 6.07) is 4.89. The minimum atomic E-state index is -0.472. The first-order chi connectivity index (χ1) is 7.13. The fourth-order valence-corrected chi connectivity index (χ4v) is 1.39. The van der Waals surface area contributed by atoms with E-state index in [0.717, 1.165) is 0 Å². The average Bonchev–Trinajstić information content (AvgIpc) is 2.25. The van der Waals surface area contributed by atoms with Crippen molar-refractivity contribution in [2.24, 2.45) is 0 Å². The molecule has 2 aromatic rings. The molecule has 2 rings (SSSR count). The second-order valence-corrected chi connectivity index (χ2v) is 3.16. The second kappa shape index (κ2) is 3.27. The van der Waals surface area contributed by atoms with Crippen molar-refractivity contribution in [1.29, 1.82) is 0 Å². The van der Waals surface area contributed by atoms with Crippen LogP contribution >= 0.6 is 0 Å². The predicted octanol–water partition coefficient (Wildman–Crippen LogP) is 0.951. The van der Waals surface area contributed by atoms with Crippen molar-refractivity contribution in [2.45, 2.75) is 6.92 Å². The lowest BCUT2D eigenvalue weighted by Gasteiger charge is -2.04. The van der Waals surface area contributed by atoms with Crippen LogP contribution in [0.15, 0.2) is 23.0 Å². The molecular formula is C10H10N2O3. The lowest BCUT2D eigenvalue weighted by atomic mass is 10.2. The summed E-state index contributed by atoms with van der Waals surface area (Å²) in [6.07, 6.45) is 0. The summed E-state index contributed by atoms with van der Waals surface area (Å²) in [6.45, 7) is 1.56. The van der Waals surface area contributed by atoms with Crippen LogP contribution in [0.1, 0.15) is 5.82 Å². The molecule has 0 fully saturated rings. The fraction of sp³-hybridized carbons (Fsp3) is 0.200. The van der Waals surface area contributed by atoms with Crippen LogP contribution in [-0.2, 0) is 0 Å². The van der Waals surface area contributed by atoms with E-state index in [1.165, 1.54) is 0 Å². The summed E-state index contributed by atoms with van der Waals surface area (Å²) in [5, 5.41) is 9.71. The average molecular weight is 206 g/mol. The fourth-order valence-electron chi connectivity index (χ4n) is 1.39. The summed E-state index contributed by atoms with van der Waals surface area (Å²) in [5.41, 5.74) is 0.0438. The van der Waals surface area contributed by atoms with Crippen molar-refractivity contribution >= 4 is 10.9 Å². The Morgan fingerprint density at radius 1 is 1.47 bits per heavy atom. The minimum absolute atomic E-state index is 0.251. The van der Waals surface area contributed by atoms with E-state index in [4.69, 9.17) is 4.74 Å². The van der Waals surface area contributed by atoms with Gasteiger partial charge < -0.3 is 9.94 Å². The molecule has 1 heterocycles. The van der Waals surface area contributed by atoms with E-state index in [2.05, 4.69) is 4.98 Å². The summed E-state index contributed by atoms with van der Waals surface area (Å²) in [7, 11) is 1.54. The highest BCUT2D eigenvalue weighted by molar-refractivity contribution is 5.79. The van der Waals surface area contributed by atoms with Gasteiger partial charge in [-0.15, -0.1) is 4.73 Å². The zero-order valence-corrected chi connectivity index (χ0v) is 8.39. The number of rotatable bonds is 1. The molecule has 0 atom stereocenters. The Morgan fingerprint density at radius 2 is 2.20 bits per heavy atom. The van der Waals surface area contributed by atoms with E-state index >= 15 is 0 Å². The number of aromatic nitrogens is 2. The molecule has 5 nitrogen and oxygen atoms in total. The van der Waals surface area contributed by atoms with Crippen LogP contribution in [0.3, 0.4) is 0 Å². The molecule has 0 spiro atoms. The molecular weight excluding hydrogens is 196 g/mol. The monoisotopic (exact) mass is 206 g/mol. The smallest absolute Gasteiger partial charge is 0.293 e. The standard InChI is InChI=1S/C10H10N2O3/c1-6-11-9-5-7(15-2)3-4-8(9)10(13)12(6)14/h3-5,14H,1-2H3. The van der Waals surface area contributed by atoms with Gasteiger partial charge in [-0.1, -0.05) is 0 Å². The largest absolute Gasteiger partial charge is 0.497 e. The molecule has 0 bridgehead atoms. The van der Waals surface area contributed by atoms with Crippen LogP contribution in [0.2, 0.25) is 0 Å². The summed E-state index contributed by atoms with van der Waals surface area (Å²) in [4.78, 5) is 15.7. The highest BCUT2D eigenvalue weighted by atomic mass is 16.5. The van der Waals surface area contributed by atoms with Crippen LogP contribution < -0.4 is 10.3 Å². The van der Waals surface area contributed by atoms with Crippen molar-refractivity contribution in [3.63, 3.8) is 0 Å². The molecule has 0 aliphatic carbocycles. The molecule has 0 saturated carbocycles. The van der Waals surface area contributed by atoms with Crippen molar-refractivity contribution in [2.75, 3.05) is 7.11 Å². The summed E-state index contributed by atoms with van der Waals surface area (Å²) >= 11 is 0. The molecule has 0 amide bonds. The highest BCUT2D eigenvalue weighted by Crippen LogP contribution is 2.16. The Labute approximate surface area is 85.5 Å². The maximum atomic E-state index is 11.6. The molecule has 1 aromatic heterocycles. The van der Waals surface area contributed by atoms with Crippen LogP contribution in [-0.4, -0.2) is 22.0 Å². The number of nitrogens with zero attached hydrogens (tertiary/aromatic N) is 2. The maximum absolute atomic E-state index is 11.6. The predicted molar refractivity (Wildman–Crippen MR) is 54.5 cm³/mol. The first-order valence-electron chi connectivity index (χ1n) is 4.40. The van der Waals surface area contributed by atoms with Gasteiger partial charge in [0.2, 0.25) is 0 Å². The Morgan fingerprint density at radius 3 is 2.87 bits per heavy atom. The van der Waals surface area contributed by atoms with Gasteiger partial charge in [-0.05, 0) is 19.1 Å². The Balaban J connectivity index is 2.86. The van der Waals surface area contributed by atoms with Crippen LogP contribution in [0.25, 0.3) is 10.9 Å². The van der Waals surface area contributed by atoms with Gasteiger partial charge in [0.15, 0.2) is 0 Å². The number of methoxy groups -OCH3 is 1. The second-order valence-electron chi connectivity index (χ2n) is 3.16. The maximum Gasteiger partial charge on any atom is 0.293 e. The summed E-state index contributed by atoms with van der Waals surface area (Å²) < 4.78 is 5.56. The molecule has 0 unspecified atom stereocenters. The number of fused-ring (bicyclic) bond motifs is 1. The van der Waals surface area contributed by atoms with Gasteiger partial charge in [-0.2, -0.15) is 0 Å². The zero-order chi connectivity index (χ0) is 11.0. The molecule has 1 N–H and O–H groups in total. The SMILES string of the molecule is COc1ccc2c(=O)n(O)c(C)nc2c1. The van der Waals surface area contributed by atoms with E-state index in [-0.39, 0.29) is 5.82 Å². The number of hydrogen-bond donors (Lipinski definition) is 1. The third-order valence-electron chi connectivity index (χ3n) is 2.22. The van der Waals surface area contributed by atoms with E-state index in [1.54, 1.807) is 32.2 Å². The number of hydrogen-bond acceptors (Lipinski definition) is 4. The normalized spacial score (nSPS) is 10.5. The van der Waals surface area contributed by atoms with Gasteiger partial charge in [0.25, 0.3) is 5.56 Å². The Kier molecular flexibility index (Phi) is 2.07. The van der Waals surface area contributed by atoms with Gasteiger partial charge in [0.1, 0.15) is 11.6 Å². The van der Waals surface area contributed by atoms with Gasteiger partial charge >= 0.3 is 0 Å². The molecule has 0 aliphatic rings. The number of benzene rings is 1. The molecule has 5 heteroatoms. The van der Waals surface area contributed by atoms with Crippen molar-refractivity contribution in [3.8, 4) is 5.75 Å². The number of aryl methyl sites for hydroxylation is 1. The topological polar surface area (TPSA) is 64.3 Å². The lowest BCUT2D eigenvalue weighted by Crippen LogP contribution is -2.21. The van der Waals surface area contributed by atoms with Crippen molar-refractivity contribution in [3.05, 3.63) is 34.4 Å². The first-order valence-corrected chi connectivity index (χ1v) is 4.40. The quantitative estimate of drug-likeness (QED) is 0.705. The molecule has 1 aromatic carbocycles. The molecule has 15 heavy (non-hydrogen) atoms. The third kappa shape index (κ3) is 1.41. The highest BCUT2D eigenvalue weighted by Gasteiger charge is 2.07. The van der Waals surface area contributed by atoms with Crippen molar-refractivity contribution in [1.82, 2.24) is 9.71 Å². The molecule has 0 aliphatic heterocycles. The number of ether oxygens (including phenoxy) is 1. The lowest BCUT2D eigenvalue weighted by molar-refractivity contribution is 0.166. The summed E-state index contributed by atoms with van der Waals surface area (Å²) in [5.74, 6) is 0.880. The van der Waals surface area contributed by atoms with Gasteiger partial charge in [0, 0.05) is 6.07 Å². The van der Waals surface area contributed by atoms with Gasteiger partial charge in [-0.25, -0.2) is 4.98 Å².